The molecule has 0 N–H and O–H groups in total. The number of carbonyl (C=O) groups excluding carboxylic acids is 1. The normalized spacial score (nSPS) is 16.6. The number of likely N-dealkylation sites (tertiary alicyclic amines) is 1. The smallest absolute Gasteiger partial charge is 0.249 e. The molecule has 6 nitrogen and oxygen atoms in total. The van der Waals surface area contributed by atoms with E-state index >= 15 is 0 Å². The molecular formula is C22H23N3O3. The highest BCUT2D eigenvalue weighted by molar-refractivity contribution is 5.79. The average Bonchev–Trinajstić information content (AvgIpc) is 3.32. The van der Waals surface area contributed by atoms with Gasteiger partial charge in [-0.15, -0.1) is 0 Å². The van der Waals surface area contributed by atoms with Crippen molar-refractivity contribution in [3.63, 3.8) is 0 Å². The van der Waals surface area contributed by atoms with Gasteiger partial charge >= 0.3 is 0 Å². The summed E-state index contributed by atoms with van der Waals surface area (Å²) in [6.07, 6.45) is 1.17. The monoisotopic (exact) mass is 377 g/mol. The quantitative estimate of drug-likeness (QED) is 0.666. The van der Waals surface area contributed by atoms with Crippen LogP contribution in [0.1, 0.15) is 41.5 Å². The second kappa shape index (κ2) is 7.46. The first-order valence-electron chi connectivity index (χ1n) is 9.39. The Kier molecular flexibility index (Phi) is 4.86. The van der Waals surface area contributed by atoms with Crippen molar-refractivity contribution in [2.75, 3.05) is 7.11 Å². The third-order valence-electron chi connectivity index (χ3n) is 5.33. The molecule has 0 saturated carbocycles. The molecule has 0 radical (unpaired) electrons. The second-order valence-corrected chi connectivity index (χ2v) is 7.15. The molecule has 1 atom stereocenters. The number of aromatic nitrogens is 2. The summed E-state index contributed by atoms with van der Waals surface area (Å²) in [5.41, 5.74) is 4.33. The first-order chi connectivity index (χ1) is 13.6. The van der Waals surface area contributed by atoms with E-state index < -0.39 is 0 Å². The Balaban J connectivity index is 1.60. The Morgan fingerprint density at radius 3 is 2.79 bits per heavy atom. The van der Waals surface area contributed by atoms with Crippen LogP contribution in [0.5, 0.6) is 5.75 Å². The average molecular weight is 377 g/mol. The number of rotatable bonds is 5. The van der Waals surface area contributed by atoms with Crippen molar-refractivity contribution in [1.29, 1.82) is 0 Å². The fraction of sp³-hybridized carbons (Fsp3) is 0.318. The highest BCUT2D eigenvalue weighted by Crippen LogP contribution is 2.35. The van der Waals surface area contributed by atoms with Crippen molar-refractivity contribution in [2.45, 2.75) is 39.3 Å². The SMILES string of the molecule is COc1ccccc1-c1noc(C2CCC(=O)N2Cc2ccc(C)c(C)c2)n1. The van der Waals surface area contributed by atoms with Crippen LogP contribution in [0.25, 0.3) is 11.4 Å². The van der Waals surface area contributed by atoms with Crippen molar-refractivity contribution in [3.8, 4) is 17.1 Å². The lowest BCUT2D eigenvalue weighted by Crippen LogP contribution is -2.27. The maximum absolute atomic E-state index is 12.5. The number of aryl methyl sites for hydroxylation is 2. The number of amides is 1. The molecule has 1 aromatic heterocycles. The van der Waals surface area contributed by atoms with Gasteiger partial charge in [0.15, 0.2) is 0 Å². The maximum Gasteiger partial charge on any atom is 0.249 e. The van der Waals surface area contributed by atoms with E-state index in [4.69, 9.17) is 9.26 Å². The van der Waals surface area contributed by atoms with Crippen molar-refractivity contribution < 1.29 is 14.1 Å². The molecule has 1 aliphatic rings. The van der Waals surface area contributed by atoms with Gasteiger partial charge in [-0.3, -0.25) is 4.79 Å². The largest absolute Gasteiger partial charge is 0.496 e. The summed E-state index contributed by atoms with van der Waals surface area (Å²) in [5.74, 6) is 1.73. The summed E-state index contributed by atoms with van der Waals surface area (Å²) < 4.78 is 10.9. The van der Waals surface area contributed by atoms with Gasteiger partial charge in [0, 0.05) is 13.0 Å². The third-order valence-corrected chi connectivity index (χ3v) is 5.33. The summed E-state index contributed by atoms with van der Waals surface area (Å²) in [5, 5.41) is 4.13. The van der Waals surface area contributed by atoms with Gasteiger partial charge in [0.25, 0.3) is 0 Å². The lowest BCUT2D eigenvalue weighted by Gasteiger charge is -2.22. The Labute approximate surface area is 164 Å². The molecule has 2 aromatic carbocycles. The van der Waals surface area contributed by atoms with E-state index in [1.165, 1.54) is 11.1 Å². The first kappa shape index (κ1) is 18.2. The molecule has 28 heavy (non-hydrogen) atoms. The number of nitrogens with zero attached hydrogens (tertiary/aromatic N) is 3. The van der Waals surface area contributed by atoms with E-state index in [9.17, 15) is 4.79 Å². The second-order valence-electron chi connectivity index (χ2n) is 7.15. The van der Waals surface area contributed by atoms with Crippen LogP contribution >= 0.6 is 0 Å². The van der Waals surface area contributed by atoms with Crippen molar-refractivity contribution in [1.82, 2.24) is 15.0 Å². The van der Waals surface area contributed by atoms with E-state index in [-0.39, 0.29) is 11.9 Å². The lowest BCUT2D eigenvalue weighted by atomic mass is 10.1. The van der Waals surface area contributed by atoms with E-state index in [1.807, 2.05) is 29.2 Å². The zero-order valence-electron chi connectivity index (χ0n) is 16.3. The van der Waals surface area contributed by atoms with Crippen LogP contribution in [0.4, 0.5) is 0 Å². The van der Waals surface area contributed by atoms with E-state index in [1.54, 1.807) is 7.11 Å². The lowest BCUT2D eigenvalue weighted by molar-refractivity contribution is -0.129. The van der Waals surface area contributed by atoms with Gasteiger partial charge in [-0.25, -0.2) is 0 Å². The van der Waals surface area contributed by atoms with Gasteiger partial charge in [-0.05, 0) is 49.1 Å². The molecule has 0 bridgehead atoms. The predicted molar refractivity (Wildman–Crippen MR) is 105 cm³/mol. The van der Waals surface area contributed by atoms with Gasteiger partial charge in [-0.1, -0.05) is 35.5 Å². The zero-order chi connectivity index (χ0) is 19.7. The summed E-state index contributed by atoms with van der Waals surface area (Å²) in [6.45, 7) is 4.71. The number of carbonyl (C=O) groups is 1. The number of hydrogen-bond acceptors (Lipinski definition) is 5. The van der Waals surface area contributed by atoms with Crippen LogP contribution in [0.15, 0.2) is 47.0 Å². The first-order valence-corrected chi connectivity index (χ1v) is 9.39. The minimum Gasteiger partial charge on any atom is -0.496 e. The van der Waals surface area contributed by atoms with Crippen LogP contribution in [0.3, 0.4) is 0 Å². The molecule has 1 fully saturated rings. The van der Waals surface area contributed by atoms with E-state index in [0.717, 1.165) is 11.1 Å². The number of para-hydroxylation sites is 1. The molecule has 1 aliphatic heterocycles. The highest BCUT2D eigenvalue weighted by atomic mass is 16.5. The van der Waals surface area contributed by atoms with Crippen molar-refractivity contribution in [2.24, 2.45) is 0 Å². The fourth-order valence-corrected chi connectivity index (χ4v) is 3.60. The molecule has 0 aliphatic carbocycles. The van der Waals surface area contributed by atoms with Crippen molar-refractivity contribution >= 4 is 5.91 Å². The minimum absolute atomic E-state index is 0.111. The number of ether oxygens (including phenoxy) is 1. The van der Waals surface area contributed by atoms with E-state index in [2.05, 4.69) is 42.2 Å². The molecule has 6 heteroatoms. The predicted octanol–water partition coefficient (Wildman–Crippen LogP) is 4.23. The summed E-state index contributed by atoms with van der Waals surface area (Å²) in [6, 6.07) is 13.6. The van der Waals surface area contributed by atoms with Gasteiger partial charge in [0.2, 0.25) is 17.6 Å². The third kappa shape index (κ3) is 3.38. The Hall–Kier alpha value is -3.15. The molecule has 4 rings (SSSR count). The fourth-order valence-electron chi connectivity index (χ4n) is 3.60. The van der Waals surface area contributed by atoms with Crippen LogP contribution < -0.4 is 4.74 Å². The van der Waals surface area contributed by atoms with Gasteiger partial charge < -0.3 is 14.2 Å². The Morgan fingerprint density at radius 1 is 1.18 bits per heavy atom. The molecule has 1 saturated heterocycles. The van der Waals surface area contributed by atoms with Crippen LogP contribution in [-0.2, 0) is 11.3 Å². The maximum atomic E-state index is 12.5. The molecule has 3 aromatic rings. The van der Waals surface area contributed by atoms with Crippen LogP contribution in [0, 0.1) is 13.8 Å². The number of benzene rings is 2. The summed E-state index contributed by atoms with van der Waals surface area (Å²) in [7, 11) is 1.61. The van der Waals surface area contributed by atoms with Crippen molar-refractivity contribution in [3.05, 3.63) is 65.0 Å². The van der Waals surface area contributed by atoms with Crippen LogP contribution in [-0.4, -0.2) is 28.1 Å². The Bertz CT molecular complexity index is 1010. The molecular weight excluding hydrogens is 354 g/mol. The topological polar surface area (TPSA) is 68.5 Å². The summed E-state index contributed by atoms with van der Waals surface area (Å²) >= 11 is 0. The minimum atomic E-state index is -0.204. The van der Waals surface area contributed by atoms with Gasteiger partial charge in [0.1, 0.15) is 11.8 Å². The molecule has 1 amide bonds. The zero-order valence-corrected chi connectivity index (χ0v) is 16.3. The van der Waals surface area contributed by atoms with E-state index in [0.29, 0.717) is 36.9 Å². The molecule has 0 spiro atoms. The standard InChI is InChI=1S/C22H23N3O3/c1-14-8-9-16(12-15(14)2)13-25-18(10-11-20(25)26)22-23-21(24-28-22)17-6-4-5-7-19(17)27-3/h4-9,12,18H,10-11,13H2,1-3H3. The molecule has 144 valence electrons. The number of hydrogen-bond donors (Lipinski definition) is 0. The molecule has 2 heterocycles. The Morgan fingerprint density at radius 2 is 2.00 bits per heavy atom. The van der Waals surface area contributed by atoms with Gasteiger partial charge in [-0.2, -0.15) is 4.98 Å². The summed E-state index contributed by atoms with van der Waals surface area (Å²) in [4.78, 5) is 18.9. The highest BCUT2D eigenvalue weighted by Gasteiger charge is 2.36. The number of methoxy groups -OCH3 is 1. The van der Waals surface area contributed by atoms with Crippen LogP contribution in [0.2, 0.25) is 0 Å². The van der Waals surface area contributed by atoms with Gasteiger partial charge in [0.05, 0.1) is 12.7 Å². The molecule has 1 unspecified atom stereocenters.